The second kappa shape index (κ2) is 5.80. The number of diazo groups is 1. The molecule has 0 fully saturated rings. The standard InChI is InChI=1S/C14H13N6/c1-9-5-3-7-11(17-19-15)13(9)14-10(2)6-4-8-12(14)18-20-16/h3-8,15H,1-2H3/q+1. The Morgan fingerprint density at radius 2 is 1.55 bits per heavy atom. The molecule has 2 rings (SSSR count). The van der Waals surface area contributed by atoms with Crippen molar-refractivity contribution in [2.45, 2.75) is 13.8 Å². The fourth-order valence-electron chi connectivity index (χ4n) is 2.22. The monoisotopic (exact) mass is 265 g/mol. The van der Waals surface area contributed by atoms with Crippen LogP contribution in [0, 0.1) is 10.9 Å². The SMILES string of the molecule is CC1=CC=CC(=NN=N)C1=C1C(C)=CC=CC1=N[N+]#N. The highest BCUT2D eigenvalue weighted by atomic mass is 15.3. The van der Waals surface area contributed by atoms with E-state index >= 15 is 0 Å². The van der Waals surface area contributed by atoms with Gasteiger partial charge in [-0.2, -0.15) is 5.53 Å². The second-order valence-electron chi connectivity index (χ2n) is 4.33. The zero-order valence-corrected chi connectivity index (χ0v) is 11.2. The molecule has 6 nitrogen and oxygen atoms in total. The van der Waals surface area contributed by atoms with Crippen molar-refractivity contribution in [1.82, 2.24) is 0 Å². The predicted octanol–water partition coefficient (Wildman–Crippen LogP) is 3.91. The van der Waals surface area contributed by atoms with Crippen molar-refractivity contribution >= 4 is 11.4 Å². The molecular formula is C14H13N6+. The van der Waals surface area contributed by atoms with Crippen LogP contribution in [-0.4, -0.2) is 11.4 Å². The topological polar surface area (TPSA) is 89.1 Å². The summed E-state index contributed by atoms with van der Waals surface area (Å²) in [5.74, 6) is 0. The van der Waals surface area contributed by atoms with E-state index in [4.69, 9.17) is 10.9 Å². The van der Waals surface area contributed by atoms with Crippen LogP contribution in [0.15, 0.2) is 74.2 Å². The Hall–Kier alpha value is -2.94. The van der Waals surface area contributed by atoms with Crippen molar-refractivity contribution in [2.75, 3.05) is 0 Å². The number of rotatable bonds is 1. The second-order valence-corrected chi connectivity index (χ2v) is 4.33. The quantitative estimate of drug-likeness (QED) is 0.434. The summed E-state index contributed by atoms with van der Waals surface area (Å²) in [5.41, 5.74) is 11.7. The van der Waals surface area contributed by atoms with E-state index in [1.54, 1.807) is 12.2 Å². The minimum atomic E-state index is 0.545. The summed E-state index contributed by atoms with van der Waals surface area (Å²) in [6.45, 7) is 3.89. The fourth-order valence-corrected chi connectivity index (χ4v) is 2.22. The Bertz CT molecular complexity index is 704. The molecule has 0 unspecified atom stereocenters. The first-order chi connectivity index (χ1) is 9.69. The van der Waals surface area contributed by atoms with E-state index in [1.807, 2.05) is 38.2 Å². The number of nitrogens with zero attached hydrogens (tertiary/aromatic N) is 5. The Kier molecular flexibility index (Phi) is 3.91. The van der Waals surface area contributed by atoms with E-state index in [0.29, 0.717) is 11.4 Å². The minimum Gasteiger partial charge on any atom is -0.185 e. The molecule has 20 heavy (non-hydrogen) atoms. The van der Waals surface area contributed by atoms with Crippen LogP contribution in [0.5, 0.6) is 0 Å². The average molecular weight is 265 g/mol. The molecular weight excluding hydrogens is 252 g/mol. The maximum absolute atomic E-state index is 8.71. The lowest BCUT2D eigenvalue weighted by molar-refractivity contribution is 0.989. The maximum atomic E-state index is 8.71. The van der Waals surface area contributed by atoms with Gasteiger partial charge in [-0.15, -0.1) is 5.10 Å². The van der Waals surface area contributed by atoms with Crippen LogP contribution in [0.25, 0.3) is 5.08 Å². The van der Waals surface area contributed by atoms with Gasteiger partial charge in [0.05, 0.1) is 5.71 Å². The van der Waals surface area contributed by atoms with Crippen LogP contribution in [0.1, 0.15) is 13.8 Å². The number of nitrogens with one attached hydrogen (secondary N) is 1. The van der Waals surface area contributed by atoms with Crippen molar-refractivity contribution in [3.05, 3.63) is 63.8 Å². The lowest BCUT2D eigenvalue weighted by atomic mass is 9.85. The summed E-state index contributed by atoms with van der Waals surface area (Å²) in [5, 5.41) is 22.3. The third-order valence-corrected chi connectivity index (χ3v) is 3.06. The van der Waals surface area contributed by atoms with E-state index in [9.17, 15) is 0 Å². The van der Waals surface area contributed by atoms with Crippen LogP contribution in [0.4, 0.5) is 0 Å². The molecule has 0 atom stereocenters. The molecule has 1 N–H and O–H groups in total. The van der Waals surface area contributed by atoms with Crippen molar-refractivity contribution in [3.63, 3.8) is 0 Å². The van der Waals surface area contributed by atoms with E-state index < -0.39 is 0 Å². The van der Waals surface area contributed by atoms with Crippen LogP contribution in [-0.2, 0) is 0 Å². The third kappa shape index (κ3) is 2.42. The predicted molar refractivity (Wildman–Crippen MR) is 77.9 cm³/mol. The molecule has 2 aliphatic rings. The first-order valence-electron chi connectivity index (χ1n) is 6.01. The average Bonchev–Trinajstić information content (AvgIpc) is 2.42. The first kappa shape index (κ1) is 13.5. The van der Waals surface area contributed by atoms with Crippen molar-refractivity contribution in [1.29, 1.82) is 10.9 Å². The molecule has 0 bridgehead atoms. The molecule has 2 aliphatic carbocycles. The van der Waals surface area contributed by atoms with Gasteiger partial charge >= 0.3 is 5.08 Å². The van der Waals surface area contributed by atoms with E-state index in [0.717, 1.165) is 22.3 Å². The fraction of sp³-hybridized carbons (Fsp3) is 0.143. The lowest BCUT2D eigenvalue weighted by Gasteiger charge is -2.18. The number of allylic oxidation sites excluding steroid dienone is 10. The van der Waals surface area contributed by atoms with Gasteiger partial charge in [-0.3, -0.25) is 0 Å². The van der Waals surface area contributed by atoms with Crippen LogP contribution in [0.2, 0.25) is 0 Å². The van der Waals surface area contributed by atoms with Gasteiger partial charge in [0.1, 0.15) is 0 Å². The van der Waals surface area contributed by atoms with E-state index in [2.05, 4.69) is 20.5 Å². The summed E-state index contributed by atoms with van der Waals surface area (Å²) in [7, 11) is 0. The van der Waals surface area contributed by atoms with Gasteiger partial charge in [0.25, 0.3) is 5.39 Å². The van der Waals surface area contributed by atoms with Gasteiger partial charge in [-0.1, -0.05) is 29.5 Å². The van der Waals surface area contributed by atoms with Crippen LogP contribution < -0.4 is 0 Å². The first-order valence-corrected chi connectivity index (χ1v) is 6.01. The Morgan fingerprint density at radius 3 is 2.10 bits per heavy atom. The van der Waals surface area contributed by atoms with Crippen LogP contribution in [0.3, 0.4) is 0 Å². The van der Waals surface area contributed by atoms with Crippen LogP contribution >= 0.6 is 0 Å². The molecule has 0 heterocycles. The lowest BCUT2D eigenvalue weighted by Crippen LogP contribution is -2.15. The van der Waals surface area contributed by atoms with Gasteiger partial charge in [0, 0.05) is 11.1 Å². The molecule has 0 radical (unpaired) electrons. The molecule has 98 valence electrons. The Morgan fingerprint density at radius 1 is 1.00 bits per heavy atom. The molecule has 0 aromatic heterocycles. The van der Waals surface area contributed by atoms with Gasteiger partial charge < -0.3 is 0 Å². The largest absolute Gasteiger partial charge is 0.339 e. The highest BCUT2D eigenvalue weighted by molar-refractivity contribution is 6.23. The number of hydrogen-bond acceptors (Lipinski definition) is 4. The zero-order chi connectivity index (χ0) is 14.5. The van der Waals surface area contributed by atoms with E-state index in [-0.39, 0.29) is 0 Å². The van der Waals surface area contributed by atoms with Crippen molar-refractivity contribution in [2.24, 2.45) is 15.4 Å². The molecule has 0 saturated carbocycles. The summed E-state index contributed by atoms with van der Waals surface area (Å²) >= 11 is 0. The Labute approximate surface area is 116 Å². The van der Waals surface area contributed by atoms with Gasteiger partial charge in [-0.05, 0) is 37.1 Å². The van der Waals surface area contributed by atoms with Gasteiger partial charge in [0.2, 0.25) is 0 Å². The van der Waals surface area contributed by atoms with Gasteiger partial charge in [-0.25, -0.2) is 0 Å². The molecule has 0 saturated heterocycles. The summed E-state index contributed by atoms with van der Waals surface area (Å²) in [6.07, 6.45) is 11.1. The number of hydrogen-bond donors (Lipinski definition) is 1. The highest BCUT2D eigenvalue weighted by Gasteiger charge is 2.23. The molecule has 6 heteroatoms. The van der Waals surface area contributed by atoms with Gasteiger partial charge in [0.15, 0.2) is 10.8 Å². The highest BCUT2D eigenvalue weighted by Crippen LogP contribution is 2.29. The normalized spacial score (nSPS) is 25.4. The third-order valence-electron chi connectivity index (χ3n) is 3.06. The molecule has 0 spiro atoms. The van der Waals surface area contributed by atoms with Crippen molar-refractivity contribution < 1.29 is 0 Å². The molecule has 0 aliphatic heterocycles. The minimum absolute atomic E-state index is 0.545. The summed E-state index contributed by atoms with van der Waals surface area (Å²) in [6, 6.07) is 0. The maximum Gasteiger partial charge on any atom is 0.339 e. The Balaban J connectivity index is 2.75. The molecule has 0 aromatic rings. The summed E-state index contributed by atoms with van der Waals surface area (Å²) < 4.78 is 0. The molecule has 0 amide bonds. The van der Waals surface area contributed by atoms with Crippen molar-refractivity contribution in [3.8, 4) is 0 Å². The molecule has 0 aromatic carbocycles. The zero-order valence-electron chi connectivity index (χ0n) is 11.2. The summed E-state index contributed by atoms with van der Waals surface area (Å²) in [4.78, 5) is 0. The van der Waals surface area contributed by atoms with E-state index in [1.165, 1.54) is 0 Å². The smallest absolute Gasteiger partial charge is 0.185 e.